The molecule has 1 aliphatic rings. The van der Waals surface area contributed by atoms with Gasteiger partial charge in [0.1, 0.15) is 5.82 Å². The molecule has 2 N–H and O–H groups in total. The lowest BCUT2D eigenvalue weighted by molar-refractivity contribution is -0.129. The Bertz CT molecular complexity index is 494. The predicted molar refractivity (Wildman–Crippen MR) is 76.2 cm³/mol. The van der Waals surface area contributed by atoms with Crippen molar-refractivity contribution in [1.82, 2.24) is 4.90 Å². The van der Waals surface area contributed by atoms with Crippen molar-refractivity contribution in [3.05, 3.63) is 34.1 Å². The highest BCUT2D eigenvalue weighted by Crippen LogP contribution is 2.29. The van der Waals surface area contributed by atoms with Gasteiger partial charge >= 0.3 is 0 Å². The number of likely N-dealkylation sites (tertiary alicyclic amines) is 1. The van der Waals surface area contributed by atoms with Gasteiger partial charge in [-0.15, -0.1) is 0 Å². The van der Waals surface area contributed by atoms with E-state index in [9.17, 15) is 9.18 Å². The van der Waals surface area contributed by atoms with E-state index >= 15 is 0 Å². The molecule has 0 saturated carbocycles. The lowest BCUT2D eigenvalue weighted by Crippen LogP contribution is -2.35. The molecule has 1 aliphatic heterocycles. The van der Waals surface area contributed by atoms with Gasteiger partial charge in [-0.1, -0.05) is 13.0 Å². The molecule has 1 heterocycles. The molecule has 5 heteroatoms. The van der Waals surface area contributed by atoms with E-state index < -0.39 is 0 Å². The van der Waals surface area contributed by atoms with Crippen LogP contribution in [-0.2, 0) is 11.2 Å². The third-order valence-corrected chi connectivity index (χ3v) is 4.35. The highest BCUT2D eigenvalue weighted by atomic mass is 79.9. The Hall–Kier alpha value is -0.940. The minimum atomic E-state index is -0.312. The molecule has 0 bridgehead atoms. The molecule has 1 fully saturated rings. The maximum atomic E-state index is 13.1. The molecule has 19 heavy (non-hydrogen) atoms. The lowest BCUT2D eigenvalue weighted by Gasteiger charge is -2.22. The summed E-state index contributed by atoms with van der Waals surface area (Å²) in [5.74, 6) is -0.233. The van der Waals surface area contributed by atoms with Crippen molar-refractivity contribution in [1.29, 1.82) is 0 Å². The second kappa shape index (κ2) is 5.59. The summed E-state index contributed by atoms with van der Waals surface area (Å²) < 4.78 is 13.5. The van der Waals surface area contributed by atoms with E-state index in [1.54, 1.807) is 12.1 Å². The summed E-state index contributed by atoms with van der Waals surface area (Å²) in [6.45, 7) is 4.17. The number of carbonyl (C=O) groups excluding carboxylic acids is 1. The van der Waals surface area contributed by atoms with Crippen LogP contribution >= 0.6 is 15.9 Å². The van der Waals surface area contributed by atoms with Gasteiger partial charge in [0.25, 0.3) is 0 Å². The molecule has 2 rings (SSSR count). The first-order valence-corrected chi connectivity index (χ1v) is 7.15. The number of benzene rings is 1. The van der Waals surface area contributed by atoms with Crippen molar-refractivity contribution >= 4 is 21.8 Å². The van der Waals surface area contributed by atoms with Crippen LogP contribution in [0.4, 0.5) is 4.39 Å². The summed E-state index contributed by atoms with van der Waals surface area (Å²) in [5.41, 5.74) is 6.59. The average Bonchev–Trinajstić information content (AvgIpc) is 2.78. The van der Waals surface area contributed by atoms with Gasteiger partial charge in [0, 0.05) is 13.1 Å². The second-order valence-corrected chi connectivity index (χ2v) is 6.36. The van der Waals surface area contributed by atoms with Crippen LogP contribution in [0.2, 0.25) is 0 Å². The van der Waals surface area contributed by atoms with E-state index in [0.717, 1.165) is 18.5 Å². The van der Waals surface area contributed by atoms with Crippen molar-refractivity contribution in [2.75, 3.05) is 19.6 Å². The Labute approximate surface area is 121 Å². The predicted octanol–water partition coefficient (Wildman–Crippen LogP) is 2.33. The number of amides is 1. The van der Waals surface area contributed by atoms with Crippen molar-refractivity contribution in [3.63, 3.8) is 0 Å². The van der Waals surface area contributed by atoms with Crippen LogP contribution in [0.1, 0.15) is 18.9 Å². The van der Waals surface area contributed by atoms with Crippen LogP contribution < -0.4 is 5.73 Å². The van der Waals surface area contributed by atoms with Gasteiger partial charge in [0.15, 0.2) is 0 Å². The average molecular weight is 329 g/mol. The van der Waals surface area contributed by atoms with Crippen LogP contribution in [0, 0.1) is 11.2 Å². The smallest absolute Gasteiger partial charge is 0.227 e. The molecule has 0 spiro atoms. The number of nitrogens with zero attached hydrogens (tertiary/aromatic N) is 1. The van der Waals surface area contributed by atoms with Crippen LogP contribution in [0.15, 0.2) is 22.7 Å². The molecule has 0 aromatic heterocycles. The van der Waals surface area contributed by atoms with Gasteiger partial charge in [0.2, 0.25) is 5.91 Å². The van der Waals surface area contributed by atoms with Gasteiger partial charge < -0.3 is 10.6 Å². The number of halogens is 2. The van der Waals surface area contributed by atoms with E-state index in [-0.39, 0.29) is 17.1 Å². The van der Waals surface area contributed by atoms with Gasteiger partial charge in [-0.25, -0.2) is 4.39 Å². The molecule has 1 atom stereocenters. The fourth-order valence-corrected chi connectivity index (χ4v) is 2.77. The number of nitrogens with two attached hydrogens (primary N) is 1. The van der Waals surface area contributed by atoms with E-state index in [4.69, 9.17) is 5.73 Å². The largest absolute Gasteiger partial charge is 0.342 e. The third-order valence-electron chi connectivity index (χ3n) is 3.74. The van der Waals surface area contributed by atoms with Crippen LogP contribution in [0.3, 0.4) is 0 Å². The van der Waals surface area contributed by atoms with Gasteiger partial charge in [-0.2, -0.15) is 0 Å². The SMILES string of the molecule is CC1(CN)CCN(C(=O)Cc2ccc(F)c(Br)c2)C1. The lowest BCUT2D eigenvalue weighted by atomic mass is 9.90. The van der Waals surface area contributed by atoms with Crippen molar-refractivity contribution < 1.29 is 9.18 Å². The van der Waals surface area contributed by atoms with Crippen LogP contribution in [-0.4, -0.2) is 30.4 Å². The minimum absolute atomic E-state index is 0.0407. The fourth-order valence-electron chi connectivity index (χ4n) is 2.34. The monoisotopic (exact) mass is 328 g/mol. The molecule has 1 amide bonds. The van der Waals surface area contributed by atoms with Gasteiger partial charge in [0.05, 0.1) is 10.9 Å². The first-order chi connectivity index (χ1) is 8.93. The molecule has 1 saturated heterocycles. The zero-order valence-electron chi connectivity index (χ0n) is 11.0. The molecule has 3 nitrogen and oxygen atoms in total. The van der Waals surface area contributed by atoms with Gasteiger partial charge in [-0.05, 0) is 52.0 Å². The Morgan fingerprint density at radius 2 is 2.32 bits per heavy atom. The summed E-state index contributed by atoms with van der Waals surface area (Å²) in [6, 6.07) is 4.68. The first-order valence-electron chi connectivity index (χ1n) is 6.35. The molecule has 1 unspecified atom stereocenters. The summed E-state index contributed by atoms with van der Waals surface area (Å²) in [6.07, 6.45) is 1.25. The van der Waals surface area contributed by atoms with E-state index in [2.05, 4.69) is 22.9 Å². The summed E-state index contributed by atoms with van der Waals surface area (Å²) in [4.78, 5) is 14.0. The highest BCUT2D eigenvalue weighted by Gasteiger charge is 2.34. The van der Waals surface area contributed by atoms with Crippen LogP contribution in [0.25, 0.3) is 0 Å². The maximum Gasteiger partial charge on any atom is 0.227 e. The Balaban J connectivity index is 2.00. The van der Waals surface area contributed by atoms with Crippen LogP contribution in [0.5, 0.6) is 0 Å². The Kier molecular flexibility index (Phi) is 4.26. The van der Waals surface area contributed by atoms with E-state index in [1.165, 1.54) is 6.07 Å². The van der Waals surface area contributed by atoms with Crippen molar-refractivity contribution in [2.45, 2.75) is 19.8 Å². The standard InChI is InChI=1S/C14H18BrFN2O/c1-14(8-17)4-5-18(9-14)13(19)7-10-2-3-12(16)11(15)6-10/h2-3,6H,4-5,7-9,17H2,1H3. The number of hydrogen-bond acceptors (Lipinski definition) is 2. The maximum absolute atomic E-state index is 13.1. The second-order valence-electron chi connectivity index (χ2n) is 5.51. The quantitative estimate of drug-likeness (QED) is 0.925. The highest BCUT2D eigenvalue weighted by molar-refractivity contribution is 9.10. The van der Waals surface area contributed by atoms with Gasteiger partial charge in [-0.3, -0.25) is 4.79 Å². The molecular weight excluding hydrogens is 311 g/mol. The number of rotatable bonds is 3. The zero-order valence-corrected chi connectivity index (χ0v) is 12.5. The fraction of sp³-hybridized carbons (Fsp3) is 0.500. The summed E-state index contributed by atoms with van der Waals surface area (Å²) >= 11 is 3.13. The molecule has 104 valence electrons. The summed E-state index contributed by atoms with van der Waals surface area (Å²) in [5, 5.41) is 0. The molecule has 1 aromatic rings. The third kappa shape index (κ3) is 3.34. The molecule has 0 aliphatic carbocycles. The zero-order chi connectivity index (χ0) is 14.0. The Morgan fingerprint density at radius 3 is 2.89 bits per heavy atom. The number of carbonyl (C=O) groups is 1. The summed E-state index contributed by atoms with van der Waals surface area (Å²) in [7, 11) is 0. The normalized spacial score (nSPS) is 22.8. The van der Waals surface area contributed by atoms with Crippen molar-refractivity contribution in [2.24, 2.45) is 11.1 Å². The van der Waals surface area contributed by atoms with Crippen molar-refractivity contribution in [3.8, 4) is 0 Å². The molecule has 0 radical (unpaired) electrons. The Morgan fingerprint density at radius 1 is 1.58 bits per heavy atom. The number of hydrogen-bond donors (Lipinski definition) is 1. The molecular formula is C14H18BrFN2O. The first kappa shape index (κ1) is 14.5. The minimum Gasteiger partial charge on any atom is -0.342 e. The topological polar surface area (TPSA) is 46.3 Å². The van der Waals surface area contributed by atoms with E-state index in [0.29, 0.717) is 24.0 Å². The van der Waals surface area contributed by atoms with E-state index in [1.807, 2.05) is 4.90 Å². The molecule has 1 aromatic carbocycles.